The van der Waals surface area contributed by atoms with Gasteiger partial charge in [-0.15, -0.1) is 0 Å². The van der Waals surface area contributed by atoms with E-state index in [2.05, 4.69) is 16.0 Å². The Morgan fingerprint density at radius 3 is 2.59 bits per heavy atom. The van der Waals surface area contributed by atoms with E-state index in [1.807, 2.05) is 18.2 Å². The number of benzene rings is 3. The summed E-state index contributed by atoms with van der Waals surface area (Å²) in [6.45, 7) is 3.51. The van der Waals surface area contributed by atoms with E-state index < -0.39 is 15.9 Å². The van der Waals surface area contributed by atoms with Crippen LogP contribution in [0.3, 0.4) is 0 Å². The van der Waals surface area contributed by atoms with Gasteiger partial charge in [0, 0.05) is 12.2 Å². The molecule has 3 N–H and O–H groups in total. The molecule has 1 heterocycles. The molecular formula is C25H25Cl2N3O3S. The minimum atomic E-state index is -3.52. The summed E-state index contributed by atoms with van der Waals surface area (Å²) in [4.78, 5) is 12.6. The molecule has 4 rings (SSSR count). The van der Waals surface area contributed by atoms with Crippen LogP contribution in [0.25, 0.3) is 0 Å². The second-order valence-electron chi connectivity index (χ2n) is 8.28. The Labute approximate surface area is 209 Å². The molecule has 0 radical (unpaired) electrons. The van der Waals surface area contributed by atoms with Crippen LogP contribution < -0.4 is 16.0 Å². The molecule has 6 nitrogen and oxygen atoms in total. The number of hydrogen-bond donors (Lipinski definition) is 3. The van der Waals surface area contributed by atoms with Crippen molar-refractivity contribution in [3.05, 3.63) is 93.0 Å². The van der Waals surface area contributed by atoms with Gasteiger partial charge in [-0.3, -0.25) is 0 Å². The molecule has 1 atom stereocenters. The van der Waals surface area contributed by atoms with Crippen LogP contribution in [0.5, 0.6) is 0 Å². The number of rotatable bonds is 6. The smallest absolute Gasteiger partial charge is 0.319 e. The molecule has 1 aliphatic heterocycles. The van der Waals surface area contributed by atoms with Crippen molar-refractivity contribution in [3.8, 4) is 0 Å². The van der Waals surface area contributed by atoms with Crippen molar-refractivity contribution >= 4 is 44.8 Å². The predicted octanol–water partition coefficient (Wildman–Crippen LogP) is 5.50. The van der Waals surface area contributed by atoms with Gasteiger partial charge in [-0.1, -0.05) is 53.5 Å². The fraction of sp³-hybridized carbons (Fsp3) is 0.240. The molecule has 0 bridgehead atoms. The van der Waals surface area contributed by atoms with Gasteiger partial charge in [-0.25, -0.2) is 13.2 Å². The molecule has 0 saturated carbocycles. The standard InChI is InChI=1S/C25H25Cl2N3O3S/c1-16(22-3-2-4-23(26)24(22)27)29-25(31)30-20-7-9-21(10-8-20)34(32,33)15-17-5-6-19-14-28-12-11-18(19)13-17/h2-10,13,16,28H,11-12,14-15H2,1H3,(H2,29,30,31)/t16-/m0/s1. The average molecular weight is 518 g/mol. The Morgan fingerprint density at radius 1 is 1.06 bits per heavy atom. The van der Waals surface area contributed by atoms with Crippen LogP contribution >= 0.6 is 23.2 Å². The number of hydrogen-bond acceptors (Lipinski definition) is 4. The zero-order chi connectivity index (χ0) is 24.3. The quantitative estimate of drug-likeness (QED) is 0.403. The minimum Gasteiger partial charge on any atom is -0.331 e. The first kappa shape index (κ1) is 24.5. The lowest BCUT2D eigenvalue weighted by molar-refractivity contribution is 0.249. The Kier molecular flexibility index (Phi) is 7.48. The first-order valence-electron chi connectivity index (χ1n) is 10.9. The van der Waals surface area contributed by atoms with Crippen molar-refractivity contribution in [2.24, 2.45) is 0 Å². The molecule has 0 unspecified atom stereocenters. The Hall–Kier alpha value is -2.58. The molecule has 3 aromatic carbocycles. The molecule has 3 aromatic rings. The van der Waals surface area contributed by atoms with Gasteiger partial charge in [0.05, 0.1) is 26.7 Å². The number of urea groups is 1. The highest BCUT2D eigenvalue weighted by molar-refractivity contribution is 7.90. The molecule has 0 spiro atoms. The zero-order valence-corrected chi connectivity index (χ0v) is 20.9. The van der Waals surface area contributed by atoms with Crippen LogP contribution in [0.15, 0.2) is 65.6 Å². The number of nitrogens with one attached hydrogen (secondary N) is 3. The van der Waals surface area contributed by atoms with Gasteiger partial charge in [0.2, 0.25) is 0 Å². The second kappa shape index (κ2) is 10.4. The van der Waals surface area contributed by atoms with Crippen molar-refractivity contribution in [2.45, 2.75) is 36.6 Å². The van der Waals surface area contributed by atoms with E-state index in [1.54, 1.807) is 37.3 Å². The maximum absolute atomic E-state index is 12.9. The fourth-order valence-electron chi connectivity index (χ4n) is 3.97. The number of anilines is 1. The third-order valence-electron chi connectivity index (χ3n) is 5.78. The first-order chi connectivity index (χ1) is 16.2. The molecule has 0 aromatic heterocycles. The minimum absolute atomic E-state index is 0.0706. The fourth-order valence-corrected chi connectivity index (χ4v) is 5.77. The summed E-state index contributed by atoms with van der Waals surface area (Å²) in [5, 5.41) is 9.63. The van der Waals surface area contributed by atoms with Crippen LogP contribution in [-0.2, 0) is 28.6 Å². The molecule has 9 heteroatoms. The molecular weight excluding hydrogens is 493 g/mol. The molecule has 0 fully saturated rings. The van der Waals surface area contributed by atoms with Crippen LogP contribution in [-0.4, -0.2) is 21.0 Å². The normalized spacial score (nSPS) is 14.2. The van der Waals surface area contributed by atoms with Crippen LogP contribution in [0.1, 0.15) is 35.2 Å². The molecule has 178 valence electrons. The summed E-state index contributed by atoms with van der Waals surface area (Å²) < 4.78 is 25.9. The topological polar surface area (TPSA) is 87.3 Å². The number of carbonyl (C=O) groups is 1. The molecule has 2 amide bonds. The molecule has 34 heavy (non-hydrogen) atoms. The summed E-state index contributed by atoms with van der Waals surface area (Å²) >= 11 is 12.3. The van der Waals surface area contributed by atoms with Gasteiger partial charge in [0.1, 0.15) is 0 Å². The molecule has 0 saturated heterocycles. The number of carbonyl (C=O) groups excluding carboxylic acids is 1. The van der Waals surface area contributed by atoms with Crippen LogP contribution in [0.2, 0.25) is 10.0 Å². The maximum atomic E-state index is 12.9. The predicted molar refractivity (Wildman–Crippen MR) is 136 cm³/mol. The lowest BCUT2D eigenvalue weighted by atomic mass is 9.99. The Morgan fingerprint density at radius 2 is 1.82 bits per heavy atom. The van der Waals surface area contributed by atoms with E-state index in [0.29, 0.717) is 21.3 Å². The number of halogens is 2. The van der Waals surface area contributed by atoms with Crippen molar-refractivity contribution in [3.63, 3.8) is 0 Å². The van der Waals surface area contributed by atoms with Gasteiger partial charge in [-0.2, -0.15) is 0 Å². The van der Waals surface area contributed by atoms with Crippen molar-refractivity contribution in [2.75, 3.05) is 11.9 Å². The SMILES string of the molecule is C[C@H](NC(=O)Nc1ccc(S(=O)(=O)Cc2ccc3c(c2)CCNC3)cc1)c1cccc(Cl)c1Cl. The highest BCUT2D eigenvalue weighted by Gasteiger charge is 2.18. The summed E-state index contributed by atoms with van der Waals surface area (Å²) in [7, 11) is -3.52. The van der Waals surface area contributed by atoms with Crippen LogP contribution in [0.4, 0.5) is 10.5 Å². The molecule has 1 aliphatic rings. The zero-order valence-electron chi connectivity index (χ0n) is 18.6. The third kappa shape index (κ3) is 5.73. The van der Waals surface area contributed by atoms with Gasteiger partial charge < -0.3 is 16.0 Å². The largest absolute Gasteiger partial charge is 0.331 e. The van der Waals surface area contributed by atoms with Crippen molar-refractivity contribution < 1.29 is 13.2 Å². The summed E-state index contributed by atoms with van der Waals surface area (Å²) in [5.41, 5.74) is 4.36. The number of sulfone groups is 1. The van der Waals surface area contributed by atoms with Gasteiger partial charge in [-0.05, 0) is 72.5 Å². The highest BCUT2D eigenvalue weighted by atomic mass is 35.5. The molecule has 0 aliphatic carbocycles. The number of fused-ring (bicyclic) bond motifs is 1. The van der Waals surface area contributed by atoms with Crippen molar-refractivity contribution in [1.82, 2.24) is 10.6 Å². The van der Waals surface area contributed by atoms with E-state index in [4.69, 9.17) is 23.2 Å². The van der Waals surface area contributed by atoms with Gasteiger partial charge >= 0.3 is 6.03 Å². The monoisotopic (exact) mass is 517 g/mol. The maximum Gasteiger partial charge on any atom is 0.319 e. The highest BCUT2D eigenvalue weighted by Crippen LogP contribution is 2.30. The van der Waals surface area contributed by atoms with E-state index >= 15 is 0 Å². The average Bonchev–Trinajstić information content (AvgIpc) is 2.80. The van der Waals surface area contributed by atoms with Crippen LogP contribution in [0, 0.1) is 0 Å². The van der Waals surface area contributed by atoms with E-state index in [9.17, 15) is 13.2 Å². The van der Waals surface area contributed by atoms with Gasteiger partial charge in [0.15, 0.2) is 9.84 Å². The Bertz CT molecular complexity index is 1310. The number of amides is 2. The summed E-state index contributed by atoms with van der Waals surface area (Å²) in [6.07, 6.45) is 0.897. The Balaban J connectivity index is 1.39. The van der Waals surface area contributed by atoms with Crippen molar-refractivity contribution in [1.29, 1.82) is 0 Å². The summed E-state index contributed by atoms with van der Waals surface area (Å²) in [5.74, 6) is -0.0706. The van der Waals surface area contributed by atoms with Gasteiger partial charge in [0.25, 0.3) is 0 Å². The second-order valence-corrected chi connectivity index (χ2v) is 11.1. The summed E-state index contributed by atoms with van der Waals surface area (Å²) in [6, 6.07) is 16.4. The van der Waals surface area contributed by atoms with E-state index in [-0.39, 0.29) is 16.7 Å². The lowest BCUT2D eigenvalue weighted by Gasteiger charge is -2.18. The first-order valence-corrected chi connectivity index (χ1v) is 13.3. The van der Waals surface area contributed by atoms with E-state index in [0.717, 1.165) is 25.1 Å². The third-order valence-corrected chi connectivity index (χ3v) is 8.32. The lowest BCUT2D eigenvalue weighted by Crippen LogP contribution is -2.31. The van der Waals surface area contributed by atoms with E-state index in [1.165, 1.54) is 23.3 Å².